The molecule has 17 heavy (non-hydrogen) atoms. The predicted molar refractivity (Wildman–Crippen MR) is 67.5 cm³/mol. The predicted octanol–water partition coefficient (Wildman–Crippen LogP) is 1.06. The van der Waals surface area contributed by atoms with Gasteiger partial charge in [0.1, 0.15) is 0 Å². The first kappa shape index (κ1) is 15.7. The highest BCUT2D eigenvalue weighted by atomic mass is 16.4. The maximum atomic E-state index is 10.4. The number of hydrogen-bond donors (Lipinski definition) is 1. The zero-order valence-electron chi connectivity index (χ0n) is 11.2. The van der Waals surface area contributed by atoms with Crippen LogP contribution in [0.25, 0.3) is 0 Å². The molecule has 0 spiro atoms. The molecule has 96 valence electrons. The topological polar surface area (TPSA) is 67.8 Å². The quantitative estimate of drug-likeness (QED) is 0.854. The summed E-state index contributed by atoms with van der Waals surface area (Å²) in [6.07, 6.45) is 0. The van der Waals surface area contributed by atoms with Crippen LogP contribution in [0.4, 0.5) is 0 Å². The Morgan fingerprint density at radius 2 is 1.59 bits per heavy atom. The van der Waals surface area contributed by atoms with Gasteiger partial charge < -0.3 is 15.6 Å². The number of benzene rings is 1. The Kier molecular flexibility index (Phi) is 7.22. The highest BCUT2D eigenvalue weighted by Crippen LogP contribution is 2.14. The number of carbonyl (C=O) groups excluding carboxylic acids is 1. The molecular formula is C14H23NO2. The van der Waals surface area contributed by atoms with E-state index in [-0.39, 0.29) is 5.56 Å². The van der Waals surface area contributed by atoms with Crippen molar-refractivity contribution in [1.29, 1.82) is 0 Å². The van der Waals surface area contributed by atoms with Crippen LogP contribution in [0.5, 0.6) is 0 Å². The van der Waals surface area contributed by atoms with E-state index in [2.05, 4.69) is 33.4 Å². The van der Waals surface area contributed by atoms with Gasteiger partial charge in [0.05, 0.1) is 12.5 Å². The third kappa shape index (κ3) is 6.74. The average Bonchev–Trinajstić information content (AvgIpc) is 2.29. The molecule has 0 aliphatic rings. The average molecular weight is 237 g/mol. The summed E-state index contributed by atoms with van der Waals surface area (Å²) in [4.78, 5) is 10.4. The maximum absolute atomic E-state index is 10.4. The zero-order valence-corrected chi connectivity index (χ0v) is 11.2. The van der Waals surface area contributed by atoms with E-state index in [1.165, 1.54) is 0 Å². The Labute approximate surface area is 104 Å². The summed E-state index contributed by atoms with van der Waals surface area (Å²) >= 11 is 0. The Hall–Kier alpha value is -1.35. The molecule has 0 fully saturated rings. The first-order valence-electron chi connectivity index (χ1n) is 5.99. The van der Waals surface area contributed by atoms with Gasteiger partial charge >= 0.3 is 0 Å². The lowest BCUT2D eigenvalue weighted by Crippen LogP contribution is -2.52. The molecule has 1 rings (SSSR count). The molecule has 3 heteroatoms. The van der Waals surface area contributed by atoms with Crippen LogP contribution in [0, 0.1) is 5.92 Å². The van der Waals surface area contributed by atoms with Crippen molar-refractivity contribution in [3.8, 4) is 0 Å². The molecule has 1 aromatic carbocycles. The number of quaternary nitrogens is 1. The van der Waals surface area contributed by atoms with E-state index in [0.717, 1.165) is 18.0 Å². The molecule has 0 aliphatic carbocycles. The molecule has 1 aromatic rings. The SMILES string of the molecule is CC(C)C[NH3+].CC(C)c1ccc(C(=O)[O-])cc1. The molecule has 3 N–H and O–H groups in total. The largest absolute Gasteiger partial charge is 0.545 e. The Morgan fingerprint density at radius 1 is 1.18 bits per heavy atom. The van der Waals surface area contributed by atoms with E-state index in [1.54, 1.807) is 12.1 Å². The zero-order chi connectivity index (χ0) is 13.4. The second-order valence-corrected chi connectivity index (χ2v) is 4.75. The first-order valence-corrected chi connectivity index (χ1v) is 5.99. The monoisotopic (exact) mass is 237 g/mol. The van der Waals surface area contributed by atoms with Crippen molar-refractivity contribution in [2.24, 2.45) is 5.92 Å². The minimum atomic E-state index is -1.12. The van der Waals surface area contributed by atoms with Crippen LogP contribution in [-0.2, 0) is 0 Å². The Balaban J connectivity index is 0.000000437. The fraction of sp³-hybridized carbons (Fsp3) is 0.500. The van der Waals surface area contributed by atoms with Gasteiger partial charge in [-0.1, -0.05) is 52.0 Å². The number of aromatic carboxylic acids is 1. The molecule has 0 aliphatic heterocycles. The standard InChI is InChI=1S/C10H12O2.C4H11N/c1-7(2)8-3-5-9(6-4-8)10(11)12;1-4(2)3-5/h3-7H,1-2H3,(H,11,12);4H,3,5H2,1-2H3. The van der Waals surface area contributed by atoms with Gasteiger partial charge in [-0.15, -0.1) is 0 Å². The maximum Gasteiger partial charge on any atom is 0.0763 e. The number of rotatable bonds is 3. The van der Waals surface area contributed by atoms with E-state index in [1.807, 2.05) is 12.1 Å². The molecule has 0 radical (unpaired) electrons. The highest BCUT2D eigenvalue weighted by Gasteiger charge is 1.98. The lowest BCUT2D eigenvalue weighted by molar-refractivity contribution is -0.376. The summed E-state index contributed by atoms with van der Waals surface area (Å²) in [5.41, 5.74) is 5.06. The van der Waals surface area contributed by atoms with Crippen LogP contribution in [0.3, 0.4) is 0 Å². The van der Waals surface area contributed by atoms with Crippen molar-refractivity contribution in [1.82, 2.24) is 0 Å². The highest BCUT2D eigenvalue weighted by molar-refractivity contribution is 5.85. The third-order valence-corrected chi connectivity index (χ3v) is 2.39. The van der Waals surface area contributed by atoms with E-state index in [4.69, 9.17) is 0 Å². The van der Waals surface area contributed by atoms with Crippen LogP contribution < -0.4 is 10.8 Å². The van der Waals surface area contributed by atoms with Crippen LogP contribution in [-0.4, -0.2) is 12.5 Å². The second kappa shape index (κ2) is 7.85. The van der Waals surface area contributed by atoms with Gasteiger partial charge in [-0.05, 0) is 17.0 Å². The summed E-state index contributed by atoms with van der Waals surface area (Å²) in [5, 5.41) is 10.4. The van der Waals surface area contributed by atoms with Gasteiger partial charge in [0.25, 0.3) is 0 Å². The van der Waals surface area contributed by atoms with Crippen molar-refractivity contribution < 1.29 is 15.6 Å². The van der Waals surface area contributed by atoms with Crippen molar-refractivity contribution >= 4 is 5.97 Å². The summed E-state index contributed by atoms with van der Waals surface area (Å²) in [6.45, 7) is 9.50. The Bertz CT molecular complexity index is 329. The van der Waals surface area contributed by atoms with Gasteiger partial charge in [-0.3, -0.25) is 0 Å². The summed E-state index contributed by atoms with van der Waals surface area (Å²) in [7, 11) is 0. The Morgan fingerprint density at radius 3 is 1.82 bits per heavy atom. The number of carboxylic acids is 1. The van der Waals surface area contributed by atoms with E-state index < -0.39 is 5.97 Å². The summed E-state index contributed by atoms with van der Waals surface area (Å²) < 4.78 is 0. The van der Waals surface area contributed by atoms with Crippen molar-refractivity contribution in [2.45, 2.75) is 33.6 Å². The van der Waals surface area contributed by atoms with Gasteiger partial charge in [0, 0.05) is 5.92 Å². The van der Waals surface area contributed by atoms with E-state index in [9.17, 15) is 9.90 Å². The number of carboxylic acid groups (broad SMARTS) is 1. The minimum absolute atomic E-state index is 0.236. The summed E-state index contributed by atoms with van der Waals surface area (Å²) in [5.74, 6) is 0.0844. The van der Waals surface area contributed by atoms with Crippen LogP contribution in [0.1, 0.15) is 49.5 Å². The molecule has 0 bridgehead atoms. The molecular weight excluding hydrogens is 214 g/mol. The number of carbonyl (C=O) groups is 1. The van der Waals surface area contributed by atoms with Crippen LogP contribution in [0.2, 0.25) is 0 Å². The van der Waals surface area contributed by atoms with Crippen molar-refractivity contribution in [3.05, 3.63) is 35.4 Å². The summed E-state index contributed by atoms with van der Waals surface area (Å²) in [6, 6.07) is 6.78. The first-order chi connectivity index (χ1) is 7.88. The fourth-order valence-corrected chi connectivity index (χ4v) is 1.00. The molecule has 3 nitrogen and oxygen atoms in total. The molecule has 0 heterocycles. The lowest BCUT2D eigenvalue weighted by atomic mass is 10.0. The van der Waals surface area contributed by atoms with E-state index >= 15 is 0 Å². The van der Waals surface area contributed by atoms with E-state index in [0.29, 0.717) is 5.92 Å². The van der Waals surface area contributed by atoms with Crippen molar-refractivity contribution in [3.63, 3.8) is 0 Å². The van der Waals surface area contributed by atoms with Gasteiger partial charge in [-0.2, -0.15) is 0 Å². The fourth-order valence-electron chi connectivity index (χ4n) is 1.00. The van der Waals surface area contributed by atoms with Gasteiger partial charge in [0.15, 0.2) is 0 Å². The van der Waals surface area contributed by atoms with Crippen LogP contribution >= 0.6 is 0 Å². The molecule has 0 aromatic heterocycles. The molecule has 0 amide bonds. The second-order valence-electron chi connectivity index (χ2n) is 4.75. The molecule has 0 atom stereocenters. The normalized spacial score (nSPS) is 10.1. The van der Waals surface area contributed by atoms with Crippen LogP contribution in [0.15, 0.2) is 24.3 Å². The minimum Gasteiger partial charge on any atom is -0.545 e. The number of hydrogen-bond acceptors (Lipinski definition) is 2. The molecule has 0 unspecified atom stereocenters. The lowest BCUT2D eigenvalue weighted by Gasteiger charge is -2.06. The van der Waals surface area contributed by atoms with Gasteiger partial charge in [0.2, 0.25) is 0 Å². The smallest absolute Gasteiger partial charge is 0.0763 e. The molecule has 0 saturated carbocycles. The van der Waals surface area contributed by atoms with Gasteiger partial charge in [-0.25, -0.2) is 0 Å². The molecule has 0 saturated heterocycles. The third-order valence-electron chi connectivity index (χ3n) is 2.39. The van der Waals surface area contributed by atoms with Crippen molar-refractivity contribution in [2.75, 3.05) is 6.54 Å².